The van der Waals surface area contributed by atoms with E-state index >= 15 is 0 Å². The molecule has 0 saturated carbocycles. The second kappa shape index (κ2) is 8.24. The van der Waals surface area contributed by atoms with Gasteiger partial charge in [0.15, 0.2) is 5.11 Å². The zero-order valence-electron chi connectivity index (χ0n) is 14.4. The van der Waals surface area contributed by atoms with Crippen molar-refractivity contribution in [2.24, 2.45) is 5.92 Å². The van der Waals surface area contributed by atoms with E-state index in [0.717, 1.165) is 30.5 Å². The molecule has 1 amide bonds. The van der Waals surface area contributed by atoms with Gasteiger partial charge in [-0.2, -0.15) is 0 Å². The Hall–Kier alpha value is -1.95. The number of aryl methyl sites for hydroxylation is 2. The molecule has 1 aliphatic heterocycles. The van der Waals surface area contributed by atoms with Crippen molar-refractivity contribution in [1.82, 2.24) is 10.2 Å². The average molecular weight is 348 g/mol. The van der Waals surface area contributed by atoms with Gasteiger partial charge in [0.2, 0.25) is 0 Å². The van der Waals surface area contributed by atoms with Gasteiger partial charge < -0.3 is 9.64 Å². The maximum absolute atomic E-state index is 12.4. The molecular weight excluding hydrogens is 324 g/mol. The van der Waals surface area contributed by atoms with Crippen LogP contribution in [0.3, 0.4) is 0 Å². The molecule has 0 spiro atoms. The maximum atomic E-state index is 12.4. The highest BCUT2D eigenvalue weighted by Gasteiger charge is 2.28. The minimum absolute atomic E-state index is 0.185. The lowest BCUT2D eigenvalue weighted by atomic mass is 9.98. The SMILES string of the molecule is CCOC(=O)[C@@H]1CCCN(C(=S)NC(=O)c2cc(C)cc(C)c2)C1. The Labute approximate surface area is 148 Å². The van der Waals surface area contributed by atoms with Crippen LogP contribution in [0, 0.1) is 19.8 Å². The number of thiocarbonyl (C=S) groups is 1. The van der Waals surface area contributed by atoms with E-state index in [0.29, 0.717) is 23.8 Å². The molecule has 2 rings (SSSR count). The summed E-state index contributed by atoms with van der Waals surface area (Å²) in [7, 11) is 0. The second-order valence-electron chi connectivity index (χ2n) is 6.17. The van der Waals surface area contributed by atoms with Crippen molar-refractivity contribution in [2.45, 2.75) is 33.6 Å². The summed E-state index contributed by atoms with van der Waals surface area (Å²) in [5.41, 5.74) is 2.66. The lowest BCUT2D eigenvalue weighted by molar-refractivity contribution is -0.149. The predicted octanol–water partition coefficient (Wildman–Crippen LogP) is 2.59. The Bertz CT molecular complexity index is 625. The smallest absolute Gasteiger partial charge is 0.310 e. The van der Waals surface area contributed by atoms with E-state index in [9.17, 15) is 9.59 Å². The van der Waals surface area contributed by atoms with E-state index in [4.69, 9.17) is 17.0 Å². The molecule has 1 atom stereocenters. The highest BCUT2D eigenvalue weighted by molar-refractivity contribution is 7.80. The summed E-state index contributed by atoms with van der Waals surface area (Å²) in [6.45, 7) is 7.32. The number of piperidine rings is 1. The van der Waals surface area contributed by atoms with Gasteiger partial charge in [-0.15, -0.1) is 0 Å². The van der Waals surface area contributed by atoms with Gasteiger partial charge in [0, 0.05) is 18.7 Å². The minimum Gasteiger partial charge on any atom is -0.466 e. The Morgan fingerprint density at radius 1 is 1.29 bits per heavy atom. The third-order valence-electron chi connectivity index (χ3n) is 4.03. The Morgan fingerprint density at radius 2 is 1.96 bits per heavy atom. The highest BCUT2D eigenvalue weighted by Crippen LogP contribution is 2.18. The Morgan fingerprint density at radius 3 is 2.58 bits per heavy atom. The molecule has 1 aromatic carbocycles. The van der Waals surface area contributed by atoms with E-state index in [-0.39, 0.29) is 17.8 Å². The van der Waals surface area contributed by atoms with Crippen molar-refractivity contribution in [3.05, 3.63) is 34.9 Å². The first-order chi connectivity index (χ1) is 11.4. The van der Waals surface area contributed by atoms with Gasteiger partial charge in [-0.25, -0.2) is 0 Å². The van der Waals surface area contributed by atoms with Gasteiger partial charge in [-0.3, -0.25) is 14.9 Å². The monoisotopic (exact) mass is 348 g/mol. The zero-order valence-corrected chi connectivity index (χ0v) is 15.2. The molecule has 1 aromatic rings. The van der Waals surface area contributed by atoms with Crippen LogP contribution in [0.15, 0.2) is 18.2 Å². The van der Waals surface area contributed by atoms with Crippen LogP contribution >= 0.6 is 12.2 Å². The maximum Gasteiger partial charge on any atom is 0.310 e. The molecule has 0 unspecified atom stereocenters. The van der Waals surface area contributed by atoms with E-state index in [1.54, 1.807) is 6.92 Å². The summed E-state index contributed by atoms with van der Waals surface area (Å²) in [5, 5.41) is 3.15. The van der Waals surface area contributed by atoms with Crippen LogP contribution in [0.5, 0.6) is 0 Å². The van der Waals surface area contributed by atoms with E-state index < -0.39 is 0 Å². The van der Waals surface area contributed by atoms with Crippen LogP contribution in [0.25, 0.3) is 0 Å². The first-order valence-corrected chi connectivity index (χ1v) is 8.66. The van der Waals surface area contributed by atoms with E-state index in [1.807, 2.05) is 36.9 Å². The van der Waals surface area contributed by atoms with Crippen molar-refractivity contribution in [3.63, 3.8) is 0 Å². The first kappa shape index (κ1) is 18.4. The molecular formula is C18H24N2O3S. The standard InChI is InChI=1S/C18H24N2O3S/c1-4-23-17(22)14-6-5-7-20(11-14)18(24)19-16(21)15-9-12(2)8-13(3)10-15/h8-10,14H,4-7,11H2,1-3H3,(H,19,21,24)/t14-/m1/s1. The van der Waals surface area contributed by atoms with Crippen molar-refractivity contribution >= 4 is 29.2 Å². The molecule has 1 N–H and O–H groups in total. The quantitative estimate of drug-likeness (QED) is 0.672. The van der Waals surface area contributed by atoms with E-state index in [2.05, 4.69) is 5.32 Å². The number of nitrogens with one attached hydrogen (secondary N) is 1. The van der Waals surface area contributed by atoms with Gasteiger partial charge in [-0.1, -0.05) is 17.2 Å². The summed E-state index contributed by atoms with van der Waals surface area (Å²) in [5.74, 6) is -0.592. The predicted molar refractivity (Wildman–Crippen MR) is 96.9 cm³/mol. The summed E-state index contributed by atoms with van der Waals surface area (Å²) in [6.07, 6.45) is 1.64. The zero-order chi connectivity index (χ0) is 17.7. The van der Waals surface area contributed by atoms with Gasteiger partial charge in [0.25, 0.3) is 5.91 Å². The molecule has 1 saturated heterocycles. The number of nitrogens with zero attached hydrogens (tertiary/aromatic N) is 1. The largest absolute Gasteiger partial charge is 0.466 e. The number of esters is 1. The number of benzene rings is 1. The molecule has 1 fully saturated rings. The number of ether oxygens (including phenoxy) is 1. The van der Waals surface area contributed by atoms with Crippen LogP contribution in [0.1, 0.15) is 41.3 Å². The molecule has 6 heteroatoms. The number of carbonyl (C=O) groups is 2. The van der Waals surface area contributed by atoms with Crippen molar-refractivity contribution < 1.29 is 14.3 Å². The third-order valence-corrected chi connectivity index (χ3v) is 4.39. The summed E-state index contributed by atoms with van der Waals surface area (Å²) in [6, 6.07) is 5.69. The lowest BCUT2D eigenvalue weighted by Gasteiger charge is -2.33. The molecule has 0 aromatic heterocycles. The number of amides is 1. The molecule has 0 bridgehead atoms. The van der Waals surface area contributed by atoms with Crippen LogP contribution in [-0.4, -0.2) is 41.6 Å². The molecule has 1 aliphatic rings. The van der Waals surface area contributed by atoms with Crippen LogP contribution < -0.4 is 5.32 Å². The van der Waals surface area contributed by atoms with Crippen molar-refractivity contribution in [1.29, 1.82) is 0 Å². The molecule has 24 heavy (non-hydrogen) atoms. The number of hydrogen-bond acceptors (Lipinski definition) is 4. The fraction of sp³-hybridized carbons (Fsp3) is 0.500. The fourth-order valence-electron chi connectivity index (χ4n) is 2.97. The number of rotatable bonds is 3. The lowest BCUT2D eigenvalue weighted by Crippen LogP contribution is -2.48. The Kier molecular flexibility index (Phi) is 6.31. The molecule has 0 radical (unpaired) electrons. The van der Waals surface area contributed by atoms with Crippen LogP contribution in [0.4, 0.5) is 0 Å². The first-order valence-electron chi connectivity index (χ1n) is 8.26. The molecule has 130 valence electrons. The van der Waals surface area contributed by atoms with Crippen molar-refractivity contribution in [3.8, 4) is 0 Å². The fourth-order valence-corrected chi connectivity index (χ4v) is 3.23. The average Bonchev–Trinajstić information content (AvgIpc) is 2.54. The molecule has 5 nitrogen and oxygen atoms in total. The van der Waals surface area contributed by atoms with Crippen LogP contribution in [0.2, 0.25) is 0 Å². The summed E-state index contributed by atoms with van der Waals surface area (Å²) in [4.78, 5) is 26.2. The number of hydrogen-bond donors (Lipinski definition) is 1. The van der Waals surface area contributed by atoms with Crippen molar-refractivity contribution in [2.75, 3.05) is 19.7 Å². The van der Waals surface area contributed by atoms with Gasteiger partial charge in [-0.05, 0) is 58.0 Å². The topological polar surface area (TPSA) is 58.6 Å². The number of likely N-dealkylation sites (tertiary alicyclic amines) is 1. The van der Waals surface area contributed by atoms with Gasteiger partial charge >= 0.3 is 5.97 Å². The van der Waals surface area contributed by atoms with E-state index in [1.165, 1.54) is 0 Å². The summed E-state index contributed by atoms with van der Waals surface area (Å²) < 4.78 is 5.09. The third kappa shape index (κ3) is 4.77. The second-order valence-corrected chi connectivity index (χ2v) is 6.56. The van der Waals surface area contributed by atoms with Crippen LogP contribution in [-0.2, 0) is 9.53 Å². The van der Waals surface area contributed by atoms with Gasteiger partial charge in [0.1, 0.15) is 0 Å². The molecule has 1 heterocycles. The summed E-state index contributed by atoms with van der Waals surface area (Å²) >= 11 is 5.36. The molecule has 0 aliphatic carbocycles. The van der Waals surface area contributed by atoms with Gasteiger partial charge in [0.05, 0.1) is 12.5 Å². The Balaban J connectivity index is 1.98. The minimum atomic E-state index is -0.218. The highest BCUT2D eigenvalue weighted by atomic mass is 32.1. The normalized spacial score (nSPS) is 17.3. The number of carbonyl (C=O) groups excluding carboxylic acids is 2.